The van der Waals surface area contributed by atoms with Gasteiger partial charge in [-0.3, -0.25) is 0 Å². The van der Waals surface area contributed by atoms with E-state index in [1.54, 1.807) is 0 Å². The van der Waals surface area contributed by atoms with E-state index in [-0.39, 0.29) is 6.04 Å². The zero-order valence-corrected chi connectivity index (χ0v) is 37.6. The molecule has 0 saturated carbocycles. The van der Waals surface area contributed by atoms with Gasteiger partial charge in [-0.15, -0.1) is 0 Å². The maximum absolute atomic E-state index is 6.95. The first-order valence-corrected chi connectivity index (χ1v) is 23.5. The zero-order chi connectivity index (χ0) is 45.4. The summed E-state index contributed by atoms with van der Waals surface area (Å²) in [4.78, 5) is 2.44. The molecule has 68 heavy (non-hydrogen) atoms. The summed E-state index contributed by atoms with van der Waals surface area (Å²) in [5.74, 6) is 0. The molecule has 1 heterocycles. The van der Waals surface area contributed by atoms with Crippen molar-refractivity contribution in [3.05, 3.63) is 300 Å². The van der Waals surface area contributed by atoms with Crippen LogP contribution in [-0.2, 0) is 12.0 Å². The molecule has 0 fully saturated rings. The van der Waals surface area contributed by atoms with Crippen molar-refractivity contribution in [2.75, 3.05) is 4.90 Å². The molecule has 12 rings (SSSR count). The molecule has 1 aliphatic carbocycles. The van der Waals surface area contributed by atoms with Crippen LogP contribution >= 0.6 is 0 Å². The monoisotopic (exact) mass is 871 g/mol. The number of fused-ring (bicyclic) bond motifs is 9. The molecule has 1 unspecified atom stereocenters. The Kier molecular flexibility index (Phi) is 10.5. The number of anilines is 3. The molecule has 2 aliphatic rings. The molecule has 1 aliphatic heterocycles. The molecule has 3 N–H and O–H groups in total. The van der Waals surface area contributed by atoms with Gasteiger partial charge in [0.05, 0.1) is 22.8 Å². The first kappa shape index (κ1) is 41.0. The summed E-state index contributed by atoms with van der Waals surface area (Å²) in [5, 5.41) is 3.82. The van der Waals surface area contributed by atoms with E-state index >= 15 is 0 Å². The van der Waals surface area contributed by atoms with Crippen LogP contribution < -0.4 is 16.0 Å². The van der Waals surface area contributed by atoms with Crippen LogP contribution in [0.15, 0.2) is 261 Å². The second kappa shape index (κ2) is 17.4. The van der Waals surface area contributed by atoms with Gasteiger partial charge in [-0.25, -0.2) is 0 Å². The fourth-order valence-corrected chi connectivity index (χ4v) is 10.8. The molecule has 1 atom stereocenters. The molecule has 0 saturated heterocycles. The van der Waals surface area contributed by atoms with Gasteiger partial charge in [-0.2, -0.15) is 0 Å². The minimum Gasteiger partial charge on any atom is -0.381 e. The Morgan fingerprint density at radius 2 is 0.941 bits per heavy atom. The van der Waals surface area contributed by atoms with Crippen LogP contribution in [0.3, 0.4) is 0 Å². The van der Waals surface area contributed by atoms with Crippen molar-refractivity contribution in [2.45, 2.75) is 18.0 Å². The van der Waals surface area contributed by atoms with Gasteiger partial charge in [0.15, 0.2) is 0 Å². The van der Waals surface area contributed by atoms with Gasteiger partial charge in [0.1, 0.15) is 0 Å². The van der Waals surface area contributed by atoms with E-state index < -0.39 is 5.41 Å². The Labute approximate surface area is 399 Å². The molecule has 0 amide bonds. The molecule has 0 aromatic heterocycles. The van der Waals surface area contributed by atoms with Crippen LogP contribution in [0.5, 0.6) is 0 Å². The largest absolute Gasteiger partial charge is 0.381 e. The van der Waals surface area contributed by atoms with Gasteiger partial charge in [0.25, 0.3) is 0 Å². The highest BCUT2D eigenvalue weighted by Gasteiger charge is 2.51. The summed E-state index contributed by atoms with van der Waals surface area (Å²) in [7, 11) is 0. The highest BCUT2D eigenvalue weighted by atomic mass is 15.2. The summed E-state index contributed by atoms with van der Waals surface area (Å²) in [5.41, 5.74) is 29.2. The second-order valence-corrected chi connectivity index (χ2v) is 17.8. The van der Waals surface area contributed by atoms with Crippen LogP contribution in [0.1, 0.15) is 45.0 Å². The number of rotatable bonds is 10. The van der Waals surface area contributed by atoms with E-state index in [9.17, 15) is 0 Å². The first-order valence-electron chi connectivity index (χ1n) is 23.5. The van der Waals surface area contributed by atoms with Crippen molar-refractivity contribution in [3.63, 3.8) is 0 Å². The lowest BCUT2D eigenvalue weighted by Gasteiger charge is -2.45. The molecule has 10 aromatic rings. The number of para-hydroxylation sites is 3. The second-order valence-electron chi connectivity index (χ2n) is 17.8. The zero-order valence-electron chi connectivity index (χ0n) is 37.6. The van der Waals surface area contributed by atoms with E-state index in [0.717, 1.165) is 22.5 Å². The van der Waals surface area contributed by atoms with Crippen LogP contribution in [0.4, 0.5) is 17.1 Å². The molecule has 1 spiro atoms. The van der Waals surface area contributed by atoms with Crippen molar-refractivity contribution in [1.82, 2.24) is 5.32 Å². The molecule has 3 nitrogen and oxygen atoms in total. The molecular formula is C65H49N3. The summed E-state index contributed by atoms with van der Waals surface area (Å²) >= 11 is 0. The highest BCUT2D eigenvalue weighted by molar-refractivity contribution is 5.96. The normalized spacial score (nSPS) is 13.5. The van der Waals surface area contributed by atoms with Gasteiger partial charge in [-0.1, -0.05) is 218 Å². The van der Waals surface area contributed by atoms with E-state index in [0.29, 0.717) is 6.54 Å². The summed E-state index contributed by atoms with van der Waals surface area (Å²) in [6, 6.07) is 92.0. The molecule has 0 radical (unpaired) electrons. The summed E-state index contributed by atoms with van der Waals surface area (Å²) in [6.45, 7) is 0.624. The fraction of sp³-hybridized carbons (Fsp3) is 0.0462. The van der Waals surface area contributed by atoms with Crippen LogP contribution in [0.2, 0.25) is 0 Å². The Morgan fingerprint density at radius 1 is 0.426 bits per heavy atom. The minimum atomic E-state index is -0.519. The lowest BCUT2D eigenvalue weighted by Crippen LogP contribution is -2.36. The predicted octanol–water partition coefficient (Wildman–Crippen LogP) is 15.7. The quantitative estimate of drug-likeness (QED) is 0.144. The lowest BCUT2D eigenvalue weighted by molar-refractivity contribution is 0.753. The number of nitrogens with two attached hydrogens (primary N) is 1. The van der Waals surface area contributed by atoms with Gasteiger partial charge < -0.3 is 16.0 Å². The van der Waals surface area contributed by atoms with Crippen LogP contribution in [0, 0.1) is 0 Å². The predicted molar refractivity (Wildman–Crippen MR) is 283 cm³/mol. The molecule has 324 valence electrons. The van der Waals surface area contributed by atoms with Crippen LogP contribution in [-0.4, -0.2) is 0 Å². The van der Waals surface area contributed by atoms with Gasteiger partial charge in [-0.05, 0) is 126 Å². The van der Waals surface area contributed by atoms with Crippen molar-refractivity contribution in [3.8, 4) is 44.5 Å². The van der Waals surface area contributed by atoms with Gasteiger partial charge in [0, 0.05) is 17.9 Å². The number of hydrogen-bond acceptors (Lipinski definition) is 3. The smallest absolute Gasteiger partial charge is 0.0754 e. The van der Waals surface area contributed by atoms with E-state index in [4.69, 9.17) is 5.73 Å². The Morgan fingerprint density at radius 3 is 1.66 bits per heavy atom. The number of benzene rings is 10. The van der Waals surface area contributed by atoms with E-state index in [1.807, 2.05) is 6.07 Å². The third-order valence-corrected chi connectivity index (χ3v) is 14.0. The van der Waals surface area contributed by atoms with Crippen LogP contribution in [0.25, 0.3) is 50.2 Å². The van der Waals surface area contributed by atoms with E-state index in [1.165, 1.54) is 83.7 Å². The average molecular weight is 872 g/mol. The highest BCUT2D eigenvalue weighted by Crippen LogP contribution is 2.63. The number of hydrogen-bond donors (Lipinski definition) is 2. The van der Waals surface area contributed by atoms with Gasteiger partial charge in [0.2, 0.25) is 0 Å². The first-order chi connectivity index (χ1) is 33.6. The molecule has 0 bridgehead atoms. The third-order valence-electron chi connectivity index (χ3n) is 14.0. The number of nitrogens with one attached hydrogen (secondary N) is 1. The Balaban J connectivity index is 0.903. The maximum Gasteiger partial charge on any atom is 0.0754 e. The molecule has 10 aromatic carbocycles. The topological polar surface area (TPSA) is 41.3 Å². The Bertz CT molecular complexity index is 3420. The van der Waals surface area contributed by atoms with Crippen molar-refractivity contribution < 1.29 is 0 Å². The van der Waals surface area contributed by atoms with E-state index in [2.05, 4.69) is 265 Å². The fourth-order valence-electron chi connectivity index (χ4n) is 10.8. The Hall–Kier alpha value is -8.50. The summed E-state index contributed by atoms with van der Waals surface area (Å²) in [6.07, 6.45) is 2.15. The van der Waals surface area contributed by atoms with Crippen molar-refractivity contribution >= 4 is 22.8 Å². The SMILES string of the molecule is NC(/C=C(\NCc1ccccc1-c1cccc(-c2ccc3c(c2)C2(c4ccccc4-3)c3ccccc3N(c3ccccc3)c3ccccc32)c1)c1ccccc1)c1ccc(-c2ccccc2)cc1. The minimum absolute atomic E-state index is 0.299. The molecule has 3 heteroatoms. The average Bonchev–Trinajstić information content (AvgIpc) is 3.70. The third kappa shape index (κ3) is 7.04. The summed E-state index contributed by atoms with van der Waals surface area (Å²) < 4.78 is 0. The van der Waals surface area contributed by atoms with Crippen molar-refractivity contribution in [2.24, 2.45) is 5.73 Å². The maximum atomic E-state index is 6.95. The lowest BCUT2D eigenvalue weighted by atomic mass is 9.64. The number of nitrogens with zero attached hydrogens (tertiary/aromatic N) is 1. The standard InChI is InChI=1S/C65H49N3/c66-61(47-37-35-46(36-38-47)45-19-4-1-5-20-45)43-62(48-21-6-2-7-22-48)67-44-52-23-10-11-28-54(52)51-25-18-24-49(41-51)50-39-40-56-55-29-12-13-30-57(55)65(60(56)42-50)58-31-14-16-33-63(58)68(53-26-8-3-9-27-53)64-34-17-15-32-59(64)65/h1-43,61,67H,44,66H2/b62-43-. The van der Waals surface area contributed by atoms with Gasteiger partial charge >= 0.3 is 0 Å². The molecular weight excluding hydrogens is 823 g/mol. The van der Waals surface area contributed by atoms with Crippen molar-refractivity contribution in [1.29, 1.82) is 0 Å².